The lowest BCUT2D eigenvalue weighted by atomic mass is 9.88. The van der Waals surface area contributed by atoms with Crippen LogP contribution in [0, 0.1) is 37.5 Å². The Morgan fingerprint density at radius 3 is 2.32 bits per heavy atom. The third-order valence-electron chi connectivity index (χ3n) is 7.27. The molecule has 0 saturated carbocycles. The number of allylic oxidation sites excluding steroid dienone is 2. The molecule has 0 amide bonds. The van der Waals surface area contributed by atoms with Gasteiger partial charge < -0.3 is 4.40 Å². The summed E-state index contributed by atoms with van der Waals surface area (Å²) in [6.45, 7) is 20.0. The SMILES string of the molecule is C=c1c2c(C)c(C)cc(C)c2n2c3cc(CC(C)(C)C)ccc3c3ccc(/C(C#N)=C\C)c1c32. The van der Waals surface area contributed by atoms with E-state index in [4.69, 9.17) is 0 Å². The van der Waals surface area contributed by atoms with Crippen molar-refractivity contribution >= 4 is 50.2 Å². The fourth-order valence-electron chi connectivity index (χ4n) is 5.77. The van der Waals surface area contributed by atoms with E-state index in [9.17, 15) is 5.26 Å². The summed E-state index contributed by atoms with van der Waals surface area (Å²) < 4.78 is 2.45. The second kappa shape index (κ2) is 7.47. The van der Waals surface area contributed by atoms with Gasteiger partial charge in [0.05, 0.1) is 28.2 Å². The van der Waals surface area contributed by atoms with Crippen LogP contribution in [0.2, 0.25) is 0 Å². The number of benzene rings is 3. The first-order chi connectivity index (χ1) is 16.1. The summed E-state index contributed by atoms with van der Waals surface area (Å²) in [5.41, 5.74) is 10.6. The lowest BCUT2D eigenvalue weighted by molar-refractivity contribution is 0.411. The number of nitriles is 1. The molecule has 170 valence electrons. The van der Waals surface area contributed by atoms with Crippen molar-refractivity contribution in [1.29, 1.82) is 5.26 Å². The monoisotopic (exact) mass is 444 g/mol. The van der Waals surface area contributed by atoms with Crippen LogP contribution in [0.5, 0.6) is 0 Å². The standard InChI is InChI=1S/C32H32N2/c1-9-23(17-33)24-12-13-26-25-11-10-22(16-32(6,7)8)15-27(25)34-30-19(3)14-18(2)20(4)28(30)21(5)29(24)31(26)34/h9-15H,5,16H2,1-4,6-8H3/b23-9-. The third-order valence-corrected chi connectivity index (χ3v) is 7.27. The van der Waals surface area contributed by atoms with Gasteiger partial charge in [0.25, 0.3) is 0 Å². The Labute approximate surface area is 201 Å². The van der Waals surface area contributed by atoms with Crippen molar-refractivity contribution < 1.29 is 0 Å². The molecule has 2 nitrogen and oxygen atoms in total. The highest BCUT2D eigenvalue weighted by atomic mass is 14.9. The summed E-state index contributed by atoms with van der Waals surface area (Å²) in [6.07, 6.45) is 2.93. The molecule has 0 spiro atoms. The van der Waals surface area contributed by atoms with Crippen LogP contribution >= 0.6 is 0 Å². The smallest absolute Gasteiger partial charge is 0.0994 e. The van der Waals surface area contributed by atoms with Gasteiger partial charge in [0.15, 0.2) is 0 Å². The first-order valence-electron chi connectivity index (χ1n) is 12.0. The van der Waals surface area contributed by atoms with Crippen molar-refractivity contribution in [1.82, 2.24) is 4.40 Å². The van der Waals surface area contributed by atoms with E-state index in [-0.39, 0.29) is 5.41 Å². The molecule has 0 saturated heterocycles. The summed E-state index contributed by atoms with van der Waals surface area (Å²) in [5.74, 6) is 0. The molecule has 0 atom stereocenters. The Morgan fingerprint density at radius 2 is 1.68 bits per heavy atom. The molecule has 0 aliphatic rings. The second-order valence-corrected chi connectivity index (χ2v) is 11.0. The number of aryl methyl sites for hydroxylation is 3. The second-order valence-electron chi connectivity index (χ2n) is 11.0. The minimum Gasteiger partial charge on any atom is -0.308 e. The lowest BCUT2D eigenvalue weighted by Gasteiger charge is -2.19. The quantitative estimate of drug-likeness (QED) is 0.200. The van der Waals surface area contributed by atoms with Crippen LogP contribution in [0.25, 0.3) is 50.2 Å². The van der Waals surface area contributed by atoms with Crippen molar-refractivity contribution in [3.8, 4) is 6.07 Å². The average molecular weight is 445 g/mol. The molecule has 0 aliphatic carbocycles. The minimum absolute atomic E-state index is 0.212. The Bertz CT molecular complexity index is 1760. The zero-order valence-corrected chi connectivity index (χ0v) is 21.4. The van der Waals surface area contributed by atoms with E-state index in [1.807, 2.05) is 13.0 Å². The first-order valence-corrected chi connectivity index (χ1v) is 12.0. The van der Waals surface area contributed by atoms with E-state index in [2.05, 4.69) is 95.0 Å². The summed E-state index contributed by atoms with van der Waals surface area (Å²) in [4.78, 5) is 0. The van der Waals surface area contributed by atoms with Crippen LogP contribution in [0.1, 0.15) is 55.5 Å². The molecular weight excluding hydrogens is 412 g/mol. The molecule has 5 aromatic rings. The molecule has 2 aromatic heterocycles. The van der Waals surface area contributed by atoms with Gasteiger partial charge >= 0.3 is 0 Å². The van der Waals surface area contributed by atoms with E-state index in [0.717, 1.165) is 22.6 Å². The van der Waals surface area contributed by atoms with E-state index in [1.165, 1.54) is 55.0 Å². The zero-order chi connectivity index (χ0) is 24.5. The molecule has 0 aliphatic heterocycles. The predicted octanol–water partition coefficient (Wildman–Crippen LogP) is 7.97. The fourth-order valence-corrected chi connectivity index (χ4v) is 5.77. The molecule has 3 aromatic carbocycles. The number of pyridine rings is 1. The zero-order valence-electron chi connectivity index (χ0n) is 21.4. The van der Waals surface area contributed by atoms with Gasteiger partial charge in [-0.1, -0.05) is 63.8 Å². The summed E-state index contributed by atoms with van der Waals surface area (Å²) in [5, 5.41) is 15.7. The van der Waals surface area contributed by atoms with Gasteiger partial charge in [0.1, 0.15) is 0 Å². The largest absolute Gasteiger partial charge is 0.308 e. The molecule has 34 heavy (non-hydrogen) atoms. The molecule has 0 bridgehead atoms. The normalized spacial score (nSPS) is 12.9. The molecule has 0 N–H and O–H groups in total. The minimum atomic E-state index is 0.212. The van der Waals surface area contributed by atoms with Crippen LogP contribution in [0.3, 0.4) is 0 Å². The third kappa shape index (κ3) is 3.07. The number of hydrogen-bond donors (Lipinski definition) is 0. The highest BCUT2D eigenvalue weighted by molar-refractivity contribution is 6.20. The van der Waals surface area contributed by atoms with Gasteiger partial charge in [-0.2, -0.15) is 5.26 Å². The molecule has 0 radical (unpaired) electrons. The van der Waals surface area contributed by atoms with E-state index < -0.39 is 0 Å². The van der Waals surface area contributed by atoms with Gasteiger partial charge in [-0.3, -0.25) is 0 Å². The van der Waals surface area contributed by atoms with Crippen molar-refractivity contribution in [2.45, 2.75) is 54.9 Å². The van der Waals surface area contributed by atoms with Gasteiger partial charge in [-0.25, -0.2) is 0 Å². The predicted molar refractivity (Wildman–Crippen MR) is 147 cm³/mol. The van der Waals surface area contributed by atoms with Gasteiger partial charge in [-0.05, 0) is 73.1 Å². The van der Waals surface area contributed by atoms with Gasteiger partial charge in [-0.15, -0.1) is 0 Å². The number of rotatable bonds is 2. The topological polar surface area (TPSA) is 28.2 Å². The molecule has 0 fully saturated rings. The fraction of sp³-hybridized carbons (Fsp3) is 0.281. The van der Waals surface area contributed by atoms with E-state index in [1.54, 1.807) is 0 Å². The molecule has 5 rings (SSSR count). The van der Waals surface area contributed by atoms with Crippen molar-refractivity contribution in [2.75, 3.05) is 0 Å². The van der Waals surface area contributed by atoms with Gasteiger partial charge in [0.2, 0.25) is 0 Å². The summed E-state index contributed by atoms with van der Waals surface area (Å²) in [6, 6.07) is 15.9. The number of fused-ring (bicyclic) bond motifs is 5. The van der Waals surface area contributed by atoms with Crippen LogP contribution < -0.4 is 5.22 Å². The van der Waals surface area contributed by atoms with Crippen LogP contribution in [0.4, 0.5) is 0 Å². The first kappa shape index (κ1) is 22.2. The molecule has 2 heterocycles. The number of nitrogens with zero attached hydrogens (tertiary/aromatic N) is 2. The van der Waals surface area contributed by atoms with Crippen LogP contribution in [-0.4, -0.2) is 4.40 Å². The molecule has 2 heteroatoms. The Kier molecular flexibility index (Phi) is 4.88. The van der Waals surface area contributed by atoms with E-state index in [0.29, 0.717) is 5.57 Å². The highest BCUT2D eigenvalue weighted by Crippen LogP contribution is 2.39. The summed E-state index contributed by atoms with van der Waals surface area (Å²) in [7, 11) is 0. The maximum Gasteiger partial charge on any atom is 0.0994 e. The maximum absolute atomic E-state index is 9.91. The lowest BCUT2D eigenvalue weighted by Crippen LogP contribution is -2.12. The van der Waals surface area contributed by atoms with Crippen molar-refractivity contribution in [3.63, 3.8) is 0 Å². The van der Waals surface area contributed by atoms with Gasteiger partial charge in [0, 0.05) is 27.1 Å². The van der Waals surface area contributed by atoms with Crippen molar-refractivity contribution in [2.24, 2.45) is 5.41 Å². The summed E-state index contributed by atoms with van der Waals surface area (Å²) >= 11 is 0. The van der Waals surface area contributed by atoms with Crippen LogP contribution in [0.15, 0.2) is 42.5 Å². The molecular formula is C32H32N2. The Balaban J connectivity index is 2.13. The van der Waals surface area contributed by atoms with Crippen LogP contribution in [-0.2, 0) is 6.42 Å². The molecule has 0 unspecified atom stereocenters. The van der Waals surface area contributed by atoms with Crippen molar-refractivity contribution in [3.05, 3.63) is 75.5 Å². The van der Waals surface area contributed by atoms with E-state index >= 15 is 0 Å². The average Bonchev–Trinajstić information content (AvgIpc) is 3.08. The maximum atomic E-state index is 9.91. The number of hydrogen-bond acceptors (Lipinski definition) is 1. The number of aromatic nitrogens is 1. The Hall–Kier alpha value is -3.57. The Morgan fingerprint density at radius 1 is 0.971 bits per heavy atom. The highest BCUT2D eigenvalue weighted by Gasteiger charge is 2.22.